The fourth-order valence-electron chi connectivity index (χ4n) is 3.03. The highest BCUT2D eigenvalue weighted by Gasteiger charge is 2.18. The van der Waals surface area contributed by atoms with Gasteiger partial charge in [0.05, 0.1) is 11.4 Å². The molecule has 1 aromatic carbocycles. The SMILES string of the molecule is Cc1nn(C)c(C)c1-c1cc(C(=O)Nc2ccc3c(c2)OCCO3)[nH]n1. The van der Waals surface area contributed by atoms with E-state index in [1.807, 2.05) is 20.9 Å². The predicted octanol–water partition coefficient (Wildman–Crippen LogP) is 2.45. The van der Waals surface area contributed by atoms with Crippen LogP contribution in [0.1, 0.15) is 21.9 Å². The summed E-state index contributed by atoms with van der Waals surface area (Å²) >= 11 is 0. The van der Waals surface area contributed by atoms with Crippen LogP contribution in [0.5, 0.6) is 11.5 Å². The van der Waals surface area contributed by atoms with E-state index in [4.69, 9.17) is 9.47 Å². The minimum atomic E-state index is -0.278. The number of carbonyl (C=O) groups is 1. The second kappa shape index (κ2) is 6.21. The van der Waals surface area contributed by atoms with E-state index in [9.17, 15) is 4.79 Å². The molecular formula is C18H19N5O3. The first kappa shape index (κ1) is 16.2. The van der Waals surface area contributed by atoms with Crippen LogP contribution in [0.15, 0.2) is 24.3 Å². The van der Waals surface area contributed by atoms with Gasteiger partial charge in [0.15, 0.2) is 11.5 Å². The largest absolute Gasteiger partial charge is 0.486 e. The van der Waals surface area contributed by atoms with E-state index < -0.39 is 0 Å². The van der Waals surface area contributed by atoms with Gasteiger partial charge in [-0.05, 0) is 32.0 Å². The van der Waals surface area contributed by atoms with Gasteiger partial charge in [-0.15, -0.1) is 0 Å². The van der Waals surface area contributed by atoms with Gasteiger partial charge < -0.3 is 14.8 Å². The summed E-state index contributed by atoms with van der Waals surface area (Å²) in [5, 5.41) is 14.3. The Morgan fingerprint density at radius 1 is 1.19 bits per heavy atom. The number of carbonyl (C=O) groups excluding carboxylic acids is 1. The van der Waals surface area contributed by atoms with Crippen molar-refractivity contribution < 1.29 is 14.3 Å². The molecule has 2 N–H and O–H groups in total. The van der Waals surface area contributed by atoms with E-state index in [-0.39, 0.29) is 5.91 Å². The van der Waals surface area contributed by atoms with E-state index in [0.717, 1.165) is 17.0 Å². The van der Waals surface area contributed by atoms with Gasteiger partial charge in [-0.2, -0.15) is 10.2 Å². The van der Waals surface area contributed by atoms with E-state index >= 15 is 0 Å². The van der Waals surface area contributed by atoms with Gasteiger partial charge in [0.2, 0.25) is 0 Å². The predicted molar refractivity (Wildman–Crippen MR) is 95.6 cm³/mol. The Bertz CT molecular complexity index is 989. The second-order valence-corrected chi connectivity index (χ2v) is 6.15. The zero-order valence-corrected chi connectivity index (χ0v) is 14.8. The number of fused-ring (bicyclic) bond motifs is 1. The number of ether oxygens (including phenoxy) is 2. The van der Waals surface area contributed by atoms with Crippen LogP contribution in [0.2, 0.25) is 0 Å². The first-order valence-corrected chi connectivity index (χ1v) is 8.30. The summed E-state index contributed by atoms with van der Waals surface area (Å²) in [5.74, 6) is 1.03. The number of hydrogen-bond acceptors (Lipinski definition) is 5. The fourth-order valence-corrected chi connectivity index (χ4v) is 3.03. The van der Waals surface area contributed by atoms with Gasteiger partial charge in [0, 0.05) is 30.1 Å². The third-order valence-corrected chi connectivity index (χ3v) is 4.39. The molecule has 0 saturated carbocycles. The first-order chi connectivity index (χ1) is 12.5. The monoisotopic (exact) mass is 353 g/mol. The molecule has 0 spiro atoms. The highest BCUT2D eigenvalue weighted by Crippen LogP contribution is 2.32. The van der Waals surface area contributed by atoms with Crippen LogP contribution in [0.3, 0.4) is 0 Å². The van der Waals surface area contributed by atoms with Crippen molar-refractivity contribution in [1.29, 1.82) is 0 Å². The van der Waals surface area contributed by atoms with Gasteiger partial charge in [0.25, 0.3) is 5.91 Å². The first-order valence-electron chi connectivity index (χ1n) is 8.30. The molecule has 2 aromatic heterocycles. The Hall–Kier alpha value is -3.29. The Kier molecular flexibility index (Phi) is 3.87. The maximum Gasteiger partial charge on any atom is 0.273 e. The molecule has 134 valence electrons. The van der Waals surface area contributed by atoms with Crippen LogP contribution >= 0.6 is 0 Å². The molecule has 1 aliphatic heterocycles. The highest BCUT2D eigenvalue weighted by molar-refractivity contribution is 6.03. The highest BCUT2D eigenvalue weighted by atomic mass is 16.6. The lowest BCUT2D eigenvalue weighted by Gasteiger charge is -2.18. The summed E-state index contributed by atoms with van der Waals surface area (Å²) in [6.45, 7) is 4.92. The average molecular weight is 353 g/mol. The molecule has 0 atom stereocenters. The molecule has 1 amide bonds. The van der Waals surface area contributed by atoms with E-state index in [2.05, 4.69) is 20.6 Å². The standard InChI is InChI=1S/C18H19N5O3/c1-10-17(11(2)23(3)22-10)13-9-14(21-20-13)18(24)19-12-4-5-15-16(8-12)26-7-6-25-15/h4-5,8-9H,6-7H2,1-3H3,(H,19,24)(H,20,21). The number of H-pyrrole nitrogens is 1. The number of anilines is 1. The molecule has 1 aliphatic rings. The molecule has 0 bridgehead atoms. The summed E-state index contributed by atoms with van der Waals surface area (Å²) in [6.07, 6.45) is 0. The van der Waals surface area contributed by atoms with Crippen molar-refractivity contribution in [2.75, 3.05) is 18.5 Å². The number of rotatable bonds is 3. The molecule has 0 saturated heterocycles. The zero-order valence-electron chi connectivity index (χ0n) is 14.8. The second-order valence-electron chi connectivity index (χ2n) is 6.15. The number of amides is 1. The summed E-state index contributed by atoms with van der Waals surface area (Å²) in [6, 6.07) is 7.03. The van der Waals surface area contributed by atoms with E-state index in [0.29, 0.717) is 41.8 Å². The Morgan fingerprint density at radius 3 is 2.69 bits per heavy atom. The van der Waals surface area contributed by atoms with Gasteiger partial charge in [-0.25, -0.2) is 0 Å². The van der Waals surface area contributed by atoms with E-state index in [1.165, 1.54) is 0 Å². The number of hydrogen-bond donors (Lipinski definition) is 2. The molecule has 26 heavy (non-hydrogen) atoms. The van der Waals surface area contributed by atoms with Gasteiger partial charge in [0.1, 0.15) is 18.9 Å². The van der Waals surface area contributed by atoms with Crippen LogP contribution in [-0.2, 0) is 7.05 Å². The van der Waals surface area contributed by atoms with Crippen molar-refractivity contribution in [1.82, 2.24) is 20.0 Å². The van der Waals surface area contributed by atoms with Gasteiger partial charge >= 0.3 is 0 Å². The maximum absolute atomic E-state index is 12.5. The molecule has 8 nitrogen and oxygen atoms in total. The molecule has 0 fully saturated rings. The molecule has 3 aromatic rings. The van der Waals surface area contributed by atoms with Crippen molar-refractivity contribution in [3.05, 3.63) is 41.3 Å². The zero-order chi connectivity index (χ0) is 18.3. The smallest absolute Gasteiger partial charge is 0.273 e. The number of aromatic amines is 1. The average Bonchev–Trinajstić information content (AvgIpc) is 3.20. The van der Waals surface area contributed by atoms with Crippen LogP contribution in [-0.4, -0.2) is 39.1 Å². The van der Waals surface area contributed by atoms with Crippen molar-refractivity contribution >= 4 is 11.6 Å². The Balaban J connectivity index is 1.55. The summed E-state index contributed by atoms with van der Waals surface area (Å²) < 4.78 is 12.8. The molecule has 3 heterocycles. The van der Waals surface area contributed by atoms with Gasteiger partial charge in [-0.1, -0.05) is 0 Å². The lowest BCUT2D eigenvalue weighted by Crippen LogP contribution is -2.16. The van der Waals surface area contributed by atoms with Crippen LogP contribution in [0.4, 0.5) is 5.69 Å². The maximum atomic E-state index is 12.5. The minimum Gasteiger partial charge on any atom is -0.486 e. The van der Waals surface area contributed by atoms with Crippen molar-refractivity contribution in [2.45, 2.75) is 13.8 Å². The van der Waals surface area contributed by atoms with Crippen molar-refractivity contribution in [3.63, 3.8) is 0 Å². The number of nitrogens with zero attached hydrogens (tertiary/aromatic N) is 3. The third-order valence-electron chi connectivity index (χ3n) is 4.39. The summed E-state index contributed by atoms with van der Waals surface area (Å²) in [4.78, 5) is 12.5. The molecule has 0 unspecified atom stereocenters. The number of aromatic nitrogens is 4. The number of aryl methyl sites for hydroxylation is 2. The van der Waals surface area contributed by atoms with Crippen LogP contribution in [0, 0.1) is 13.8 Å². The summed E-state index contributed by atoms with van der Waals surface area (Å²) in [7, 11) is 1.88. The molecule has 0 aliphatic carbocycles. The van der Waals surface area contributed by atoms with Gasteiger partial charge in [-0.3, -0.25) is 14.6 Å². The molecular weight excluding hydrogens is 334 g/mol. The molecule has 8 heteroatoms. The third kappa shape index (κ3) is 2.79. The van der Waals surface area contributed by atoms with Crippen molar-refractivity contribution in [2.24, 2.45) is 7.05 Å². The number of nitrogens with one attached hydrogen (secondary N) is 2. The quantitative estimate of drug-likeness (QED) is 0.754. The molecule has 0 radical (unpaired) electrons. The van der Waals surface area contributed by atoms with Crippen molar-refractivity contribution in [3.8, 4) is 22.8 Å². The Morgan fingerprint density at radius 2 is 1.96 bits per heavy atom. The van der Waals surface area contributed by atoms with E-state index in [1.54, 1.807) is 28.9 Å². The fraction of sp³-hybridized carbons (Fsp3) is 0.278. The number of benzene rings is 1. The topological polar surface area (TPSA) is 94.1 Å². The lowest BCUT2D eigenvalue weighted by molar-refractivity contribution is 0.102. The van der Waals surface area contributed by atoms with Crippen LogP contribution < -0.4 is 14.8 Å². The molecule has 4 rings (SSSR count). The lowest BCUT2D eigenvalue weighted by atomic mass is 10.1. The van der Waals surface area contributed by atoms with Crippen LogP contribution in [0.25, 0.3) is 11.3 Å². The normalized spacial score (nSPS) is 12.9. The summed E-state index contributed by atoms with van der Waals surface area (Å²) in [5.41, 5.74) is 4.49. The Labute approximate surface area is 150 Å². The minimum absolute atomic E-state index is 0.278.